The summed E-state index contributed by atoms with van der Waals surface area (Å²) >= 11 is 0. The molecule has 2 aliphatic heterocycles. The molecule has 0 saturated carbocycles. The first-order chi connectivity index (χ1) is 16.5. The molecule has 9 heteroatoms. The number of carbonyl (C=O) groups is 2. The highest BCUT2D eigenvalue weighted by molar-refractivity contribution is 6.03. The van der Waals surface area contributed by atoms with Gasteiger partial charge in [0.25, 0.3) is 0 Å². The van der Waals surface area contributed by atoms with Crippen molar-refractivity contribution in [2.45, 2.75) is 20.3 Å². The molecule has 1 unspecified atom stereocenters. The molecule has 1 saturated heterocycles. The van der Waals surface area contributed by atoms with Gasteiger partial charge in [0.1, 0.15) is 6.61 Å². The lowest BCUT2D eigenvalue weighted by molar-refractivity contribution is -0.122. The fourth-order valence-electron chi connectivity index (χ4n) is 4.12. The van der Waals surface area contributed by atoms with E-state index in [-0.39, 0.29) is 25.0 Å². The first kappa shape index (κ1) is 23.7. The fourth-order valence-corrected chi connectivity index (χ4v) is 4.12. The zero-order valence-corrected chi connectivity index (χ0v) is 19.8. The molecule has 0 bridgehead atoms. The Kier molecular flexibility index (Phi) is 7.42. The molecule has 4 rings (SSSR count). The van der Waals surface area contributed by atoms with Crippen LogP contribution in [-0.4, -0.2) is 63.4 Å². The van der Waals surface area contributed by atoms with Gasteiger partial charge < -0.3 is 34.1 Å². The van der Waals surface area contributed by atoms with Crippen LogP contribution in [0.2, 0.25) is 0 Å². The molecule has 2 aliphatic rings. The monoisotopic (exact) mass is 469 g/mol. The number of carbonyl (C=O) groups excluding carboxylic acids is 2. The zero-order valence-electron chi connectivity index (χ0n) is 19.8. The van der Waals surface area contributed by atoms with Crippen LogP contribution in [0.5, 0.6) is 23.0 Å². The maximum Gasteiger partial charge on any atom is 0.231 e. The highest BCUT2D eigenvalue weighted by atomic mass is 16.7. The number of amides is 2. The van der Waals surface area contributed by atoms with Crippen molar-refractivity contribution in [3.63, 3.8) is 0 Å². The molecule has 182 valence electrons. The van der Waals surface area contributed by atoms with Crippen LogP contribution in [0.25, 0.3) is 0 Å². The second-order valence-electron chi connectivity index (χ2n) is 8.17. The van der Waals surface area contributed by atoms with E-state index in [0.29, 0.717) is 47.5 Å². The van der Waals surface area contributed by atoms with Gasteiger partial charge in [0.15, 0.2) is 23.0 Å². The van der Waals surface area contributed by atoms with E-state index in [4.69, 9.17) is 18.9 Å². The summed E-state index contributed by atoms with van der Waals surface area (Å²) < 4.78 is 22.1. The van der Waals surface area contributed by atoms with Crippen LogP contribution in [0.1, 0.15) is 20.3 Å². The van der Waals surface area contributed by atoms with Crippen molar-refractivity contribution in [2.75, 3.05) is 56.9 Å². The average Bonchev–Trinajstić information content (AvgIpc) is 3.48. The smallest absolute Gasteiger partial charge is 0.231 e. The maximum absolute atomic E-state index is 13.0. The van der Waals surface area contributed by atoms with Gasteiger partial charge >= 0.3 is 0 Å². The largest absolute Gasteiger partial charge is 0.493 e. The van der Waals surface area contributed by atoms with E-state index in [1.807, 2.05) is 0 Å². The summed E-state index contributed by atoms with van der Waals surface area (Å²) in [6.07, 6.45) is 0.143. The predicted molar refractivity (Wildman–Crippen MR) is 128 cm³/mol. The number of methoxy groups -OCH3 is 1. The summed E-state index contributed by atoms with van der Waals surface area (Å²) in [7, 11) is 1.58. The standard InChI is InChI=1S/C25H31N3O6/c1-4-27(5-2)10-11-32-22-13-18(6-8-20(22)31-3)26-25(30)17-12-24(29)28(15-17)19-7-9-21-23(14-19)34-16-33-21/h6-9,13-14,17H,4-5,10-12,15-16H2,1-3H3,(H,26,30). The number of ether oxygens (including phenoxy) is 4. The minimum atomic E-state index is -0.466. The Hall–Kier alpha value is -3.46. The van der Waals surface area contributed by atoms with Crippen LogP contribution in [0, 0.1) is 5.92 Å². The number of nitrogens with one attached hydrogen (secondary N) is 1. The molecule has 2 aromatic carbocycles. The third-order valence-electron chi connectivity index (χ3n) is 6.15. The molecule has 1 N–H and O–H groups in total. The second kappa shape index (κ2) is 10.6. The molecular formula is C25H31N3O6. The highest BCUT2D eigenvalue weighted by Gasteiger charge is 2.35. The third kappa shape index (κ3) is 5.20. The van der Waals surface area contributed by atoms with Gasteiger partial charge in [-0.05, 0) is 37.4 Å². The molecule has 2 heterocycles. The topological polar surface area (TPSA) is 89.6 Å². The number of rotatable bonds is 10. The fraction of sp³-hybridized carbons (Fsp3) is 0.440. The van der Waals surface area contributed by atoms with Crippen LogP contribution < -0.4 is 29.2 Å². The lowest BCUT2D eigenvalue weighted by Crippen LogP contribution is -2.28. The molecule has 2 aromatic rings. The molecular weight excluding hydrogens is 438 g/mol. The minimum Gasteiger partial charge on any atom is -0.493 e. The number of hydrogen-bond acceptors (Lipinski definition) is 7. The lowest BCUT2D eigenvalue weighted by Gasteiger charge is -2.19. The van der Waals surface area contributed by atoms with Crippen molar-refractivity contribution in [3.05, 3.63) is 36.4 Å². The van der Waals surface area contributed by atoms with Gasteiger partial charge in [-0.15, -0.1) is 0 Å². The van der Waals surface area contributed by atoms with E-state index in [2.05, 4.69) is 24.1 Å². The number of nitrogens with zero attached hydrogens (tertiary/aromatic N) is 2. The zero-order chi connectivity index (χ0) is 24.1. The number of benzene rings is 2. The SMILES string of the molecule is CCN(CC)CCOc1cc(NC(=O)C2CC(=O)N(c3ccc4c(c3)OCO4)C2)ccc1OC. The predicted octanol–water partition coefficient (Wildman–Crippen LogP) is 3.14. The van der Waals surface area contributed by atoms with E-state index >= 15 is 0 Å². The molecule has 1 atom stereocenters. The number of anilines is 2. The summed E-state index contributed by atoms with van der Waals surface area (Å²) in [5, 5.41) is 2.92. The number of likely N-dealkylation sites (N-methyl/N-ethyl adjacent to an activating group) is 1. The molecule has 0 aromatic heterocycles. The molecule has 0 radical (unpaired) electrons. The quantitative estimate of drug-likeness (QED) is 0.572. The van der Waals surface area contributed by atoms with Crippen molar-refractivity contribution >= 4 is 23.2 Å². The lowest BCUT2D eigenvalue weighted by atomic mass is 10.1. The Morgan fingerprint density at radius 1 is 1.12 bits per heavy atom. The number of hydrogen-bond donors (Lipinski definition) is 1. The van der Waals surface area contributed by atoms with E-state index in [1.165, 1.54) is 0 Å². The molecule has 0 aliphatic carbocycles. The first-order valence-electron chi connectivity index (χ1n) is 11.6. The minimum absolute atomic E-state index is 0.103. The Labute approximate surface area is 199 Å². The van der Waals surface area contributed by atoms with Crippen LogP contribution >= 0.6 is 0 Å². The van der Waals surface area contributed by atoms with Gasteiger partial charge in [-0.1, -0.05) is 13.8 Å². The molecule has 2 amide bonds. The van der Waals surface area contributed by atoms with E-state index in [9.17, 15) is 9.59 Å². The summed E-state index contributed by atoms with van der Waals surface area (Å²) in [5.74, 6) is 1.64. The Balaban J connectivity index is 1.39. The van der Waals surface area contributed by atoms with E-state index in [1.54, 1.807) is 48.4 Å². The normalized spacial score (nSPS) is 16.8. The summed E-state index contributed by atoms with van der Waals surface area (Å²) in [4.78, 5) is 29.5. The summed E-state index contributed by atoms with van der Waals surface area (Å²) in [5.41, 5.74) is 1.29. The molecule has 9 nitrogen and oxygen atoms in total. The summed E-state index contributed by atoms with van der Waals surface area (Å²) in [6.45, 7) is 7.91. The van der Waals surface area contributed by atoms with Crippen molar-refractivity contribution in [1.82, 2.24) is 4.90 Å². The maximum atomic E-state index is 13.0. The van der Waals surface area contributed by atoms with Gasteiger partial charge in [0, 0.05) is 43.0 Å². The Bertz CT molecular complexity index is 1040. The van der Waals surface area contributed by atoms with Crippen LogP contribution in [0.4, 0.5) is 11.4 Å². The highest BCUT2D eigenvalue weighted by Crippen LogP contribution is 2.37. The first-order valence-corrected chi connectivity index (χ1v) is 11.6. The second-order valence-corrected chi connectivity index (χ2v) is 8.17. The van der Waals surface area contributed by atoms with Gasteiger partial charge in [-0.3, -0.25) is 9.59 Å². The van der Waals surface area contributed by atoms with Crippen LogP contribution in [0.3, 0.4) is 0 Å². The van der Waals surface area contributed by atoms with Crippen molar-refractivity contribution < 1.29 is 28.5 Å². The Morgan fingerprint density at radius 3 is 2.68 bits per heavy atom. The average molecular weight is 470 g/mol. The summed E-state index contributed by atoms with van der Waals surface area (Å²) in [6, 6.07) is 10.6. The molecule has 34 heavy (non-hydrogen) atoms. The van der Waals surface area contributed by atoms with Gasteiger partial charge in [-0.2, -0.15) is 0 Å². The number of fused-ring (bicyclic) bond motifs is 1. The van der Waals surface area contributed by atoms with Crippen molar-refractivity contribution in [3.8, 4) is 23.0 Å². The van der Waals surface area contributed by atoms with E-state index < -0.39 is 5.92 Å². The van der Waals surface area contributed by atoms with Crippen molar-refractivity contribution in [2.24, 2.45) is 5.92 Å². The molecule has 1 fully saturated rings. The van der Waals surface area contributed by atoms with Gasteiger partial charge in [-0.25, -0.2) is 0 Å². The van der Waals surface area contributed by atoms with Crippen molar-refractivity contribution in [1.29, 1.82) is 0 Å². The van der Waals surface area contributed by atoms with Crippen LogP contribution in [-0.2, 0) is 9.59 Å². The Morgan fingerprint density at radius 2 is 1.91 bits per heavy atom. The third-order valence-corrected chi connectivity index (χ3v) is 6.15. The van der Waals surface area contributed by atoms with E-state index in [0.717, 1.165) is 19.6 Å². The van der Waals surface area contributed by atoms with Gasteiger partial charge in [0.2, 0.25) is 18.6 Å². The van der Waals surface area contributed by atoms with Crippen LogP contribution in [0.15, 0.2) is 36.4 Å². The van der Waals surface area contributed by atoms with Gasteiger partial charge in [0.05, 0.1) is 13.0 Å². The molecule has 0 spiro atoms.